The van der Waals surface area contributed by atoms with Crippen molar-refractivity contribution in [3.63, 3.8) is 0 Å². The van der Waals surface area contributed by atoms with Gasteiger partial charge in [-0.3, -0.25) is 29.8 Å². The van der Waals surface area contributed by atoms with E-state index in [9.17, 15) is 34.4 Å². The first kappa shape index (κ1) is 34.0. The highest BCUT2D eigenvalue weighted by Gasteiger charge is 2.57. The Labute approximate surface area is 279 Å². The summed E-state index contributed by atoms with van der Waals surface area (Å²) in [4.78, 5) is 68.3. The van der Waals surface area contributed by atoms with Gasteiger partial charge in [-0.25, -0.2) is 14.5 Å². The number of thioether (sulfide) groups is 2. The van der Waals surface area contributed by atoms with Crippen molar-refractivity contribution in [2.24, 2.45) is 5.41 Å². The van der Waals surface area contributed by atoms with E-state index in [1.165, 1.54) is 52.7 Å². The average Bonchev–Trinajstić information content (AvgIpc) is 3.69. The van der Waals surface area contributed by atoms with Crippen molar-refractivity contribution >= 4 is 69.6 Å². The van der Waals surface area contributed by atoms with Gasteiger partial charge in [-0.15, -0.1) is 28.2 Å². The van der Waals surface area contributed by atoms with Crippen LogP contribution < -0.4 is 10.6 Å². The number of hydrogen-bond donors (Lipinski definition) is 3. The largest absolute Gasteiger partial charge is 0.481 e. The minimum atomic E-state index is -1.22. The molecule has 2 saturated heterocycles. The molecule has 3 atom stereocenters. The highest BCUT2D eigenvalue weighted by Crippen LogP contribution is 2.44. The van der Waals surface area contributed by atoms with Crippen LogP contribution >= 0.6 is 34.9 Å². The lowest BCUT2D eigenvalue weighted by Crippen LogP contribution is -2.74. The molecule has 18 nitrogen and oxygen atoms in total. The highest BCUT2D eigenvalue weighted by molar-refractivity contribution is 8.00. The summed E-state index contributed by atoms with van der Waals surface area (Å²) >= 11 is 3.62. The molecule has 3 amide bonds. The molecule has 0 spiro atoms. The van der Waals surface area contributed by atoms with Gasteiger partial charge in [0.2, 0.25) is 17.0 Å². The van der Waals surface area contributed by atoms with Gasteiger partial charge in [0.1, 0.15) is 23.4 Å². The molecule has 1 aromatic carbocycles. The molecule has 3 N–H and O–H groups in total. The lowest BCUT2D eigenvalue weighted by molar-refractivity contribution is -0.384. The Morgan fingerprint density at radius 3 is 2.74 bits per heavy atom. The second kappa shape index (κ2) is 14.6. The summed E-state index contributed by atoms with van der Waals surface area (Å²) in [6.45, 7) is 1.14. The van der Waals surface area contributed by atoms with Crippen LogP contribution in [0.15, 0.2) is 34.8 Å². The van der Waals surface area contributed by atoms with Gasteiger partial charge in [0.15, 0.2) is 5.13 Å². The number of carbonyl (C=O) groups is 4. The number of thiazole rings is 1. The number of benzene rings is 1. The molecule has 0 bridgehead atoms. The van der Waals surface area contributed by atoms with Crippen LogP contribution in [-0.4, -0.2) is 119 Å². The zero-order chi connectivity index (χ0) is 33.7. The molecule has 2 unspecified atom stereocenters. The number of nitro groups is 1. The first-order chi connectivity index (χ1) is 22.4. The number of non-ortho nitro benzene ring substituents is 1. The fourth-order valence-electron chi connectivity index (χ4n) is 4.66. The summed E-state index contributed by atoms with van der Waals surface area (Å²) in [5, 5.41) is 39.7. The molecule has 2 aromatic heterocycles. The monoisotopic (exact) mass is 706 g/mol. The zero-order valence-electron chi connectivity index (χ0n) is 25.1. The maximum atomic E-state index is 13.0. The summed E-state index contributed by atoms with van der Waals surface area (Å²) in [5.74, 6) is -1.44. The van der Waals surface area contributed by atoms with Gasteiger partial charge in [-0.05, 0) is 42.2 Å². The Morgan fingerprint density at radius 1 is 1.28 bits per heavy atom. The maximum absolute atomic E-state index is 13.0. The number of carboxylic acid groups (broad SMARTS) is 1. The number of carbonyl (C=O) groups excluding carboxylic acids is 3. The van der Waals surface area contributed by atoms with Crippen molar-refractivity contribution < 1.29 is 33.9 Å². The fourth-order valence-corrected chi connectivity index (χ4v) is 8.12. The van der Waals surface area contributed by atoms with Gasteiger partial charge in [0.25, 0.3) is 5.69 Å². The first-order valence-corrected chi connectivity index (χ1v) is 17.0. The number of fused-ring (bicyclic) bond motifs is 1. The number of amides is 3. The molecule has 2 aliphatic heterocycles. The number of nitro benzene ring substituents is 1. The lowest BCUT2D eigenvalue weighted by Gasteiger charge is -2.53. The summed E-state index contributed by atoms with van der Waals surface area (Å²) in [6.07, 6.45) is -0.933. The molecule has 4 heterocycles. The Balaban J connectivity index is 1.08. The summed E-state index contributed by atoms with van der Waals surface area (Å²) in [6, 6.07) is 4.78. The second-order valence-electron chi connectivity index (χ2n) is 11.0. The molecule has 5 rings (SSSR count). The van der Waals surface area contributed by atoms with Gasteiger partial charge >= 0.3 is 12.1 Å². The van der Waals surface area contributed by atoms with E-state index in [0.717, 1.165) is 11.3 Å². The number of rotatable bonds is 14. The molecular weight excluding hydrogens is 677 g/mol. The van der Waals surface area contributed by atoms with Gasteiger partial charge in [0, 0.05) is 42.1 Å². The van der Waals surface area contributed by atoms with Crippen LogP contribution in [0.5, 0.6) is 0 Å². The Bertz CT molecular complexity index is 1650. The number of nitrogens with zero attached hydrogens (tertiary/aromatic N) is 8. The van der Waals surface area contributed by atoms with Crippen LogP contribution in [0.3, 0.4) is 0 Å². The number of likely N-dealkylation sites (N-methyl/N-ethyl adjacent to an activating group) is 1. The van der Waals surface area contributed by atoms with E-state index in [2.05, 4.69) is 31.1 Å². The van der Waals surface area contributed by atoms with Crippen molar-refractivity contribution in [2.75, 3.05) is 44.0 Å². The Hall–Kier alpha value is -4.34. The molecule has 3 aromatic rings. The van der Waals surface area contributed by atoms with Crippen LogP contribution in [-0.2, 0) is 38.7 Å². The lowest BCUT2D eigenvalue weighted by atomic mass is 9.89. The molecule has 47 heavy (non-hydrogen) atoms. The van der Waals surface area contributed by atoms with Crippen molar-refractivity contribution in [3.8, 4) is 0 Å². The standard InChI is InChI=1S/C26H30N10O8S3/c1-33(2)7-8-35-24(30-31-32-35)47-14-26(22(39)40)12-34-20(38)19(21(34)46-13-26)28-18(37)9-16-11-45-23(27-16)29-25(41)44-10-15-3-5-17(6-4-15)36(42)43/h3-6,11,19,21H,7-10,12-14H2,1-2H3,(H,28,37)(H,39,40)(H,27,29,41)/t19?,21-,26?/m1/s1. The van der Waals surface area contributed by atoms with E-state index in [4.69, 9.17) is 4.74 Å². The van der Waals surface area contributed by atoms with Gasteiger partial charge in [-0.2, -0.15) is 0 Å². The number of anilines is 1. The van der Waals surface area contributed by atoms with E-state index in [1.807, 2.05) is 19.0 Å². The van der Waals surface area contributed by atoms with Crippen LogP contribution in [0.1, 0.15) is 11.3 Å². The van der Waals surface area contributed by atoms with Gasteiger partial charge in [0.05, 0.1) is 23.6 Å². The normalized spacial score (nSPS) is 20.3. The summed E-state index contributed by atoms with van der Waals surface area (Å²) in [7, 11) is 3.85. The SMILES string of the molecule is CN(C)CCn1nnnc1SCC1(C(=O)O)CS[C@@H]2C(NC(=O)Cc3csc(NC(=O)OCc4ccc([N+](=O)[O-])cc4)n3)C(=O)N2C1. The van der Waals surface area contributed by atoms with E-state index in [-0.39, 0.29) is 47.8 Å². The second-order valence-corrected chi connectivity index (χ2v) is 13.9. The minimum Gasteiger partial charge on any atom is -0.481 e. The topological polar surface area (TPSA) is 228 Å². The fraction of sp³-hybridized carbons (Fsp3) is 0.462. The molecule has 0 saturated carbocycles. The molecule has 2 aliphatic rings. The molecule has 21 heteroatoms. The van der Waals surface area contributed by atoms with Crippen molar-refractivity contribution in [1.29, 1.82) is 0 Å². The third-order valence-corrected chi connectivity index (χ3v) is 10.9. The van der Waals surface area contributed by atoms with Crippen molar-refractivity contribution in [2.45, 2.75) is 36.1 Å². The number of aliphatic carboxylic acids is 1. The molecule has 0 radical (unpaired) electrons. The van der Waals surface area contributed by atoms with Crippen LogP contribution in [0, 0.1) is 15.5 Å². The quantitative estimate of drug-likeness (QED) is 0.0925. The number of carboxylic acids is 1. The van der Waals surface area contributed by atoms with Gasteiger partial charge in [-0.1, -0.05) is 11.8 Å². The molecule has 0 aliphatic carbocycles. The summed E-state index contributed by atoms with van der Waals surface area (Å²) < 4.78 is 6.74. The summed E-state index contributed by atoms with van der Waals surface area (Å²) in [5.41, 5.74) is -0.370. The molecular formula is C26H30N10O8S3. The predicted molar refractivity (Wildman–Crippen MR) is 170 cm³/mol. The smallest absolute Gasteiger partial charge is 0.413 e. The Morgan fingerprint density at radius 2 is 2.04 bits per heavy atom. The number of tetrazole rings is 1. The average molecular weight is 707 g/mol. The third-order valence-electron chi connectivity index (χ3n) is 7.27. The van der Waals surface area contributed by atoms with Gasteiger partial charge < -0.3 is 25.0 Å². The first-order valence-electron chi connectivity index (χ1n) is 14.0. The number of ether oxygens (including phenoxy) is 1. The third kappa shape index (κ3) is 8.15. The molecule has 2 fully saturated rings. The Kier molecular flexibility index (Phi) is 10.6. The van der Waals surface area contributed by atoms with E-state index in [0.29, 0.717) is 29.5 Å². The minimum absolute atomic E-state index is 0.00112. The van der Waals surface area contributed by atoms with E-state index < -0.39 is 39.7 Å². The van der Waals surface area contributed by atoms with Crippen LogP contribution in [0.2, 0.25) is 0 Å². The maximum Gasteiger partial charge on any atom is 0.413 e. The van der Waals surface area contributed by atoms with Crippen LogP contribution in [0.4, 0.5) is 15.6 Å². The number of hydrogen-bond acceptors (Lipinski definition) is 15. The molecule has 250 valence electrons. The van der Waals surface area contributed by atoms with Crippen LogP contribution in [0.25, 0.3) is 0 Å². The number of β-lactam (4-membered cyclic amide) rings is 1. The highest BCUT2D eigenvalue weighted by atomic mass is 32.2. The number of aromatic nitrogens is 5. The van der Waals surface area contributed by atoms with Crippen molar-refractivity contribution in [3.05, 3.63) is 51.0 Å². The zero-order valence-corrected chi connectivity index (χ0v) is 27.5. The van der Waals surface area contributed by atoms with E-state index >= 15 is 0 Å². The van der Waals surface area contributed by atoms with E-state index in [1.54, 1.807) is 10.1 Å². The van der Waals surface area contributed by atoms with Crippen molar-refractivity contribution in [1.82, 2.24) is 40.3 Å². The number of nitrogens with one attached hydrogen (secondary N) is 2. The predicted octanol–water partition coefficient (Wildman–Crippen LogP) is 1.15.